The molecule has 68 valence electrons. The van der Waals surface area contributed by atoms with Gasteiger partial charge >= 0.3 is 0 Å². The third-order valence-corrected chi connectivity index (χ3v) is 1.70. The van der Waals surface area contributed by atoms with Crippen LogP contribution in [0.4, 0.5) is 0 Å². The van der Waals surface area contributed by atoms with Crippen LogP contribution in [0.5, 0.6) is 0 Å². The Morgan fingerprint density at radius 1 is 1.58 bits per heavy atom. The smallest absolute Gasteiger partial charge is 0.174 e. The van der Waals surface area contributed by atoms with E-state index in [4.69, 9.17) is 4.74 Å². The molecule has 1 N–H and O–H groups in total. The molecular weight excluding hydrogens is 154 g/mol. The zero-order valence-electron chi connectivity index (χ0n) is 7.59. The maximum Gasteiger partial charge on any atom is 0.174 e. The van der Waals surface area contributed by atoms with Gasteiger partial charge in [0.25, 0.3) is 0 Å². The summed E-state index contributed by atoms with van der Waals surface area (Å²) in [6, 6.07) is -0.131. The standard InChI is InChI=1S/C9H15NO2/c1-7(2)5-9(11)8-6-12-4-3-10-8/h5,8,10H,3-4,6H2,1-2H3. The van der Waals surface area contributed by atoms with Crippen LogP contribution in [0.2, 0.25) is 0 Å². The van der Waals surface area contributed by atoms with Crippen LogP contribution in [-0.2, 0) is 9.53 Å². The highest BCUT2D eigenvalue weighted by molar-refractivity contribution is 5.94. The van der Waals surface area contributed by atoms with Crippen molar-refractivity contribution < 1.29 is 9.53 Å². The molecule has 1 heterocycles. The Labute approximate surface area is 72.8 Å². The van der Waals surface area contributed by atoms with Crippen molar-refractivity contribution in [3.05, 3.63) is 11.6 Å². The quantitative estimate of drug-likeness (QED) is 0.612. The topological polar surface area (TPSA) is 38.3 Å². The van der Waals surface area contributed by atoms with Crippen LogP contribution in [0.25, 0.3) is 0 Å². The number of ketones is 1. The summed E-state index contributed by atoms with van der Waals surface area (Å²) in [6.45, 7) is 5.82. The average Bonchev–Trinajstić information content (AvgIpc) is 2.05. The Morgan fingerprint density at radius 2 is 2.33 bits per heavy atom. The minimum atomic E-state index is -0.131. The first-order valence-electron chi connectivity index (χ1n) is 4.20. The van der Waals surface area contributed by atoms with Gasteiger partial charge in [0.1, 0.15) is 0 Å². The van der Waals surface area contributed by atoms with Gasteiger partial charge < -0.3 is 10.1 Å². The molecule has 1 fully saturated rings. The second-order valence-electron chi connectivity index (χ2n) is 3.21. The van der Waals surface area contributed by atoms with E-state index in [-0.39, 0.29) is 11.8 Å². The zero-order valence-corrected chi connectivity index (χ0v) is 7.59. The normalized spacial score (nSPS) is 23.3. The van der Waals surface area contributed by atoms with Crippen LogP contribution in [0.1, 0.15) is 13.8 Å². The van der Waals surface area contributed by atoms with Crippen molar-refractivity contribution in [2.75, 3.05) is 19.8 Å². The summed E-state index contributed by atoms with van der Waals surface area (Å²) in [7, 11) is 0. The molecular formula is C9H15NO2. The lowest BCUT2D eigenvalue weighted by Gasteiger charge is -2.21. The molecule has 0 aromatic rings. The van der Waals surface area contributed by atoms with Gasteiger partial charge in [-0.3, -0.25) is 4.79 Å². The number of carbonyl (C=O) groups is 1. The number of ether oxygens (including phenoxy) is 1. The largest absolute Gasteiger partial charge is 0.378 e. The number of hydrogen-bond acceptors (Lipinski definition) is 3. The molecule has 0 aliphatic carbocycles. The first kappa shape index (κ1) is 9.42. The van der Waals surface area contributed by atoms with Crippen molar-refractivity contribution in [2.24, 2.45) is 0 Å². The van der Waals surface area contributed by atoms with E-state index in [1.54, 1.807) is 6.08 Å². The molecule has 1 aliphatic rings. The highest BCUT2D eigenvalue weighted by Crippen LogP contribution is 1.98. The van der Waals surface area contributed by atoms with Crippen LogP contribution >= 0.6 is 0 Å². The van der Waals surface area contributed by atoms with Gasteiger partial charge in [-0.05, 0) is 19.9 Å². The highest BCUT2D eigenvalue weighted by atomic mass is 16.5. The number of rotatable bonds is 2. The molecule has 0 aromatic carbocycles. The molecule has 0 bridgehead atoms. The van der Waals surface area contributed by atoms with E-state index < -0.39 is 0 Å². The van der Waals surface area contributed by atoms with E-state index in [1.807, 2.05) is 13.8 Å². The maximum atomic E-state index is 11.4. The summed E-state index contributed by atoms with van der Waals surface area (Å²) in [5.74, 6) is 0.120. The number of morpholine rings is 1. The average molecular weight is 169 g/mol. The van der Waals surface area contributed by atoms with Crippen molar-refractivity contribution in [3.8, 4) is 0 Å². The Kier molecular flexibility index (Phi) is 3.44. The fraction of sp³-hybridized carbons (Fsp3) is 0.667. The van der Waals surface area contributed by atoms with E-state index in [1.165, 1.54) is 0 Å². The summed E-state index contributed by atoms with van der Waals surface area (Å²) in [5, 5.41) is 3.11. The minimum absolute atomic E-state index is 0.120. The van der Waals surface area contributed by atoms with Crippen molar-refractivity contribution in [1.29, 1.82) is 0 Å². The number of nitrogens with one attached hydrogen (secondary N) is 1. The van der Waals surface area contributed by atoms with Crippen LogP contribution < -0.4 is 5.32 Å². The summed E-state index contributed by atoms with van der Waals surface area (Å²) in [5.41, 5.74) is 1.03. The van der Waals surface area contributed by atoms with E-state index in [0.717, 1.165) is 12.1 Å². The van der Waals surface area contributed by atoms with Gasteiger partial charge in [0.05, 0.1) is 19.3 Å². The van der Waals surface area contributed by atoms with Gasteiger partial charge in [0.2, 0.25) is 0 Å². The van der Waals surface area contributed by atoms with Crippen molar-refractivity contribution in [3.63, 3.8) is 0 Å². The van der Waals surface area contributed by atoms with Gasteiger partial charge in [0.15, 0.2) is 5.78 Å². The van der Waals surface area contributed by atoms with Crippen LogP contribution in [0.15, 0.2) is 11.6 Å². The molecule has 1 aliphatic heterocycles. The van der Waals surface area contributed by atoms with Crippen molar-refractivity contribution in [2.45, 2.75) is 19.9 Å². The van der Waals surface area contributed by atoms with Gasteiger partial charge in [-0.2, -0.15) is 0 Å². The fourth-order valence-corrected chi connectivity index (χ4v) is 1.13. The van der Waals surface area contributed by atoms with E-state index in [0.29, 0.717) is 13.2 Å². The third kappa shape index (κ3) is 2.75. The maximum absolute atomic E-state index is 11.4. The number of carbonyl (C=O) groups excluding carboxylic acids is 1. The Hall–Kier alpha value is -0.670. The van der Waals surface area contributed by atoms with Crippen LogP contribution in [-0.4, -0.2) is 31.6 Å². The van der Waals surface area contributed by atoms with Gasteiger partial charge in [-0.1, -0.05) is 5.57 Å². The summed E-state index contributed by atoms with van der Waals surface area (Å²) < 4.78 is 5.17. The van der Waals surface area contributed by atoms with Gasteiger partial charge in [-0.25, -0.2) is 0 Å². The van der Waals surface area contributed by atoms with Gasteiger partial charge in [-0.15, -0.1) is 0 Å². The highest BCUT2D eigenvalue weighted by Gasteiger charge is 2.18. The molecule has 0 spiro atoms. The molecule has 3 heteroatoms. The molecule has 1 atom stereocenters. The summed E-state index contributed by atoms with van der Waals surface area (Å²) in [6.07, 6.45) is 1.66. The predicted octanol–water partition coefficient (Wildman–Crippen LogP) is 0.510. The Bertz CT molecular complexity index is 189. The minimum Gasteiger partial charge on any atom is -0.378 e. The summed E-state index contributed by atoms with van der Waals surface area (Å²) in [4.78, 5) is 11.4. The lowest BCUT2D eigenvalue weighted by atomic mass is 10.1. The molecule has 3 nitrogen and oxygen atoms in total. The molecule has 1 unspecified atom stereocenters. The van der Waals surface area contributed by atoms with E-state index >= 15 is 0 Å². The molecule has 12 heavy (non-hydrogen) atoms. The number of allylic oxidation sites excluding steroid dienone is 1. The molecule has 1 rings (SSSR count). The number of hydrogen-bond donors (Lipinski definition) is 1. The second-order valence-corrected chi connectivity index (χ2v) is 3.21. The third-order valence-electron chi connectivity index (χ3n) is 1.70. The molecule has 0 amide bonds. The molecule has 0 aromatic heterocycles. The van der Waals surface area contributed by atoms with Crippen LogP contribution in [0, 0.1) is 0 Å². The first-order valence-corrected chi connectivity index (χ1v) is 4.20. The van der Waals surface area contributed by atoms with Crippen molar-refractivity contribution >= 4 is 5.78 Å². The van der Waals surface area contributed by atoms with Crippen LogP contribution in [0.3, 0.4) is 0 Å². The molecule has 0 radical (unpaired) electrons. The fourth-order valence-electron chi connectivity index (χ4n) is 1.13. The summed E-state index contributed by atoms with van der Waals surface area (Å²) >= 11 is 0. The monoisotopic (exact) mass is 169 g/mol. The molecule has 0 saturated carbocycles. The second kappa shape index (κ2) is 4.38. The van der Waals surface area contributed by atoms with Crippen molar-refractivity contribution in [1.82, 2.24) is 5.32 Å². The SMILES string of the molecule is CC(C)=CC(=O)C1COCCN1. The van der Waals surface area contributed by atoms with E-state index in [9.17, 15) is 4.79 Å². The Balaban J connectivity index is 2.45. The predicted molar refractivity (Wildman–Crippen MR) is 47.0 cm³/mol. The lowest BCUT2D eigenvalue weighted by Crippen LogP contribution is -2.45. The zero-order chi connectivity index (χ0) is 8.97. The van der Waals surface area contributed by atoms with E-state index in [2.05, 4.69) is 5.32 Å². The molecule has 1 saturated heterocycles. The Morgan fingerprint density at radius 3 is 2.83 bits per heavy atom. The lowest BCUT2D eigenvalue weighted by molar-refractivity contribution is -0.119. The van der Waals surface area contributed by atoms with Gasteiger partial charge in [0, 0.05) is 6.54 Å². The first-order chi connectivity index (χ1) is 5.70.